The third kappa shape index (κ3) is 4.07. The number of aliphatic carboxylic acids is 1. The van der Waals surface area contributed by atoms with Crippen LogP contribution in [-0.2, 0) is 16.0 Å². The Morgan fingerprint density at radius 1 is 1.18 bits per heavy atom. The number of carboxylic acids is 1. The van der Waals surface area contributed by atoms with Gasteiger partial charge in [0.15, 0.2) is 5.60 Å². The number of carbonyl (C=O) groups excluding carboxylic acids is 1. The number of rotatable bonds is 5. The van der Waals surface area contributed by atoms with Gasteiger partial charge in [-0.05, 0) is 25.3 Å². The number of amides is 1. The van der Waals surface area contributed by atoms with Crippen molar-refractivity contribution >= 4 is 11.9 Å². The Hall–Kier alpha value is -1.88. The van der Waals surface area contributed by atoms with Crippen molar-refractivity contribution in [3.8, 4) is 0 Å². The molecule has 1 aromatic carbocycles. The number of hydrogen-bond donors (Lipinski definition) is 2. The van der Waals surface area contributed by atoms with Crippen molar-refractivity contribution < 1.29 is 19.8 Å². The van der Waals surface area contributed by atoms with Crippen LogP contribution in [0, 0.1) is 6.92 Å². The van der Waals surface area contributed by atoms with Gasteiger partial charge in [-0.3, -0.25) is 4.79 Å². The maximum atomic E-state index is 12.1. The lowest BCUT2D eigenvalue weighted by atomic mass is 9.91. The minimum absolute atomic E-state index is 0.0413. The number of benzene rings is 1. The fraction of sp³-hybridized carbons (Fsp3) is 0.529. The molecular weight excluding hydrogens is 282 g/mol. The SMILES string of the molecule is Cc1ccc(CCCC(=O)N2CCC(O)(C(=O)O)CC2)cc1. The summed E-state index contributed by atoms with van der Waals surface area (Å²) in [5, 5.41) is 18.8. The van der Waals surface area contributed by atoms with Gasteiger partial charge in [-0.25, -0.2) is 4.79 Å². The van der Waals surface area contributed by atoms with E-state index in [2.05, 4.69) is 24.3 Å². The van der Waals surface area contributed by atoms with Gasteiger partial charge >= 0.3 is 5.97 Å². The van der Waals surface area contributed by atoms with E-state index in [1.54, 1.807) is 4.90 Å². The molecule has 0 spiro atoms. The summed E-state index contributed by atoms with van der Waals surface area (Å²) in [6, 6.07) is 8.28. The summed E-state index contributed by atoms with van der Waals surface area (Å²) < 4.78 is 0. The minimum atomic E-state index is -1.67. The van der Waals surface area contributed by atoms with Gasteiger partial charge in [-0.1, -0.05) is 29.8 Å². The molecule has 1 amide bonds. The highest BCUT2D eigenvalue weighted by atomic mass is 16.4. The van der Waals surface area contributed by atoms with Crippen molar-refractivity contribution in [3.05, 3.63) is 35.4 Å². The molecule has 0 aliphatic carbocycles. The molecule has 1 fully saturated rings. The maximum absolute atomic E-state index is 12.1. The summed E-state index contributed by atoms with van der Waals surface area (Å²) in [4.78, 5) is 24.7. The summed E-state index contributed by atoms with van der Waals surface area (Å²) >= 11 is 0. The number of aliphatic hydroxyl groups is 1. The first-order valence-electron chi connectivity index (χ1n) is 7.70. The second-order valence-corrected chi connectivity index (χ2v) is 6.06. The Labute approximate surface area is 130 Å². The van der Waals surface area contributed by atoms with Gasteiger partial charge in [0.25, 0.3) is 0 Å². The van der Waals surface area contributed by atoms with E-state index in [1.165, 1.54) is 11.1 Å². The summed E-state index contributed by atoms with van der Waals surface area (Å²) in [6.07, 6.45) is 2.30. The molecule has 22 heavy (non-hydrogen) atoms. The van der Waals surface area contributed by atoms with Crippen LogP contribution in [0.25, 0.3) is 0 Å². The third-order valence-electron chi connectivity index (χ3n) is 4.32. The van der Waals surface area contributed by atoms with E-state index in [-0.39, 0.29) is 18.7 Å². The van der Waals surface area contributed by atoms with E-state index in [4.69, 9.17) is 5.11 Å². The number of hydrogen-bond acceptors (Lipinski definition) is 3. The molecule has 2 N–H and O–H groups in total. The van der Waals surface area contributed by atoms with Crippen LogP contribution in [0.3, 0.4) is 0 Å². The lowest BCUT2D eigenvalue weighted by molar-refractivity contribution is -0.165. The lowest BCUT2D eigenvalue weighted by Crippen LogP contribution is -2.50. The zero-order valence-corrected chi connectivity index (χ0v) is 12.9. The monoisotopic (exact) mass is 305 g/mol. The van der Waals surface area contributed by atoms with Gasteiger partial charge in [-0.15, -0.1) is 0 Å². The minimum Gasteiger partial charge on any atom is -0.479 e. The van der Waals surface area contributed by atoms with Crippen molar-refractivity contribution in [2.75, 3.05) is 13.1 Å². The van der Waals surface area contributed by atoms with Crippen LogP contribution < -0.4 is 0 Å². The zero-order valence-electron chi connectivity index (χ0n) is 12.9. The molecule has 1 saturated heterocycles. The second kappa shape index (κ2) is 6.92. The highest BCUT2D eigenvalue weighted by Crippen LogP contribution is 2.23. The Kier molecular flexibility index (Phi) is 5.19. The number of carbonyl (C=O) groups is 2. The van der Waals surface area contributed by atoms with Crippen LogP contribution in [0.2, 0.25) is 0 Å². The van der Waals surface area contributed by atoms with Gasteiger partial charge < -0.3 is 15.1 Å². The molecule has 1 heterocycles. The van der Waals surface area contributed by atoms with Crippen LogP contribution >= 0.6 is 0 Å². The molecule has 0 saturated carbocycles. The average Bonchev–Trinajstić information content (AvgIpc) is 2.49. The van der Waals surface area contributed by atoms with E-state index in [0.717, 1.165) is 12.8 Å². The summed E-state index contributed by atoms with van der Waals surface area (Å²) in [5.74, 6) is -1.15. The molecule has 1 aromatic rings. The van der Waals surface area contributed by atoms with Gasteiger partial charge in [0, 0.05) is 32.4 Å². The molecular formula is C17H23NO4. The second-order valence-electron chi connectivity index (χ2n) is 6.06. The number of nitrogens with zero attached hydrogens (tertiary/aromatic N) is 1. The van der Waals surface area contributed by atoms with E-state index in [9.17, 15) is 14.7 Å². The summed E-state index contributed by atoms with van der Waals surface area (Å²) in [6.45, 7) is 2.67. The first kappa shape index (κ1) is 16.5. The highest BCUT2D eigenvalue weighted by Gasteiger charge is 2.40. The maximum Gasteiger partial charge on any atom is 0.335 e. The van der Waals surface area contributed by atoms with Crippen molar-refractivity contribution in [2.24, 2.45) is 0 Å². The molecule has 0 unspecified atom stereocenters. The van der Waals surface area contributed by atoms with Crippen LogP contribution in [0.5, 0.6) is 0 Å². The van der Waals surface area contributed by atoms with Crippen molar-refractivity contribution in [1.29, 1.82) is 0 Å². The fourth-order valence-electron chi connectivity index (χ4n) is 2.70. The third-order valence-corrected chi connectivity index (χ3v) is 4.32. The lowest BCUT2D eigenvalue weighted by Gasteiger charge is -2.35. The van der Waals surface area contributed by atoms with Gasteiger partial charge in [0.05, 0.1) is 0 Å². The van der Waals surface area contributed by atoms with Crippen LogP contribution in [-0.4, -0.2) is 45.7 Å². The Balaban J connectivity index is 1.74. The average molecular weight is 305 g/mol. The van der Waals surface area contributed by atoms with Gasteiger partial charge in [-0.2, -0.15) is 0 Å². The van der Waals surface area contributed by atoms with Gasteiger partial charge in [0.1, 0.15) is 0 Å². The Bertz CT molecular complexity index is 530. The predicted molar refractivity (Wildman–Crippen MR) is 82.5 cm³/mol. The molecule has 2 rings (SSSR count). The molecule has 0 atom stereocenters. The predicted octanol–water partition coefficient (Wildman–Crippen LogP) is 1.76. The zero-order chi connectivity index (χ0) is 16.2. The summed E-state index contributed by atoms with van der Waals surface area (Å²) in [7, 11) is 0. The van der Waals surface area contributed by atoms with Crippen LogP contribution in [0.15, 0.2) is 24.3 Å². The molecule has 120 valence electrons. The summed E-state index contributed by atoms with van der Waals surface area (Å²) in [5.41, 5.74) is 0.773. The number of aryl methyl sites for hydroxylation is 2. The number of piperidine rings is 1. The number of likely N-dealkylation sites (tertiary alicyclic amines) is 1. The largest absolute Gasteiger partial charge is 0.479 e. The smallest absolute Gasteiger partial charge is 0.335 e. The van der Waals surface area contributed by atoms with E-state index >= 15 is 0 Å². The molecule has 5 nitrogen and oxygen atoms in total. The Morgan fingerprint density at radius 3 is 2.32 bits per heavy atom. The van der Waals surface area contributed by atoms with Crippen molar-refractivity contribution in [3.63, 3.8) is 0 Å². The molecule has 1 aliphatic rings. The van der Waals surface area contributed by atoms with Gasteiger partial charge in [0.2, 0.25) is 5.91 Å². The van der Waals surface area contributed by atoms with Crippen molar-refractivity contribution in [2.45, 2.75) is 44.6 Å². The highest BCUT2D eigenvalue weighted by molar-refractivity contribution is 5.79. The quantitative estimate of drug-likeness (QED) is 0.869. The van der Waals surface area contributed by atoms with E-state index in [1.807, 2.05) is 6.92 Å². The normalized spacial score (nSPS) is 17.3. The molecule has 1 aliphatic heterocycles. The first-order chi connectivity index (χ1) is 10.4. The Morgan fingerprint density at radius 2 is 1.77 bits per heavy atom. The van der Waals surface area contributed by atoms with Crippen molar-refractivity contribution in [1.82, 2.24) is 4.90 Å². The first-order valence-corrected chi connectivity index (χ1v) is 7.70. The fourth-order valence-corrected chi connectivity index (χ4v) is 2.70. The standard InChI is InChI=1S/C17H23NO4/c1-13-5-7-14(8-6-13)3-2-4-15(19)18-11-9-17(22,10-12-18)16(20)21/h5-8,22H,2-4,9-12H2,1H3,(H,20,21). The topological polar surface area (TPSA) is 77.8 Å². The molecule has 0 radical (unpaired) electrons. The van der Waals surface area contributed by atoms with E-state index in [0.29, 0.717) is 19.5 Å². The number of carboxylic acid groups (broad SMARTS) is 1. The van der Waals surface area contributed by atoms with Crippen LogP contribution in [0.4, 0.5) is 0 Å². The molecule has 0 bridgehead atoms. The van der Waals surface area contributed by atoms with E-state index < -0.39 is 11.6 Å². The molecule has 5 heteroatoms. The molecule has 0 aromatic heterocycles. The van der Waals surface area contributed by atoms with Crippen LogP contribution in [0.1, 0.15) is 36.8 Å².